The van der Waals surface area contributed by atoms with Crippen molar-refractivity contribution in [3.63, 3.8) is 0 Å². The van der Waals surface area contributed by atoms with Gasteiger partial charge >= 0.3 is 0 Å². The number of carbonyl (C=O) groups excluding carboxylic acids is 1. The van der Waals surface area contributed by atoms with Crippen LogP contribution in [0.1, 0.15) is 10.4 Å². The molecular formula is C26H34ClN3O5. The van der Waals surface area contributed by atoms with Crippen molar-refractivity contribution in [2.75, 3.05) is 72.7 Å². The summed E-state index contributed by atoms with van der Waals surface area (Å²) in [5.74, 6) is 1.50. The molecule has 0 aliphatic carbocycles. The third-order valence-corrected chi connectivity index (χ3v) is 6.66. The fourth-order valence-electron chi connectivity index (χ4n) is 4.47. The topological polar surface area (TPSA) is 74.7 Å². The summed E-state index contributed by atoms with van der Waals surface area (Å²) in [6.45, 7) is 6.82. The van der Waals surface area contributed by atoms with Crippen molar-refractivity contribution < 1.29 is 24.1 Å². The monoisotopic (exact) mass is 503 g/mol. The van der Waals surface area contributed by atoms with Gasteiger partial charge in [-0.25, -0.2) is 0 Å². The number of β-amino-alcohol motifs (C(OH)–C–C–N with tert-alkyl or cyclic N) is 1. The molecule has 2 aliphatic rings. The SMILES string of the molecule is COc1ccc(C(=O)N2CCN(CC3CN(CC(O)COc4ccc(Cl)cc4)CCO3)CC2)cc1. The Morgan fingerprint density at radius 2 is 1.71 bits per heavy atom. The molecule has 0 bridgehead atoms. The van der Waals surface area contributed by atoms with E-state index in [4.69, 9.17) is 25.8 Å². The standard InChI is InChI=1S/C26H34ClN3O5/c1-33-23-6-2-20(3-7-23)26(32)30-12-10-28(11-13-30)17-25-18-29(14-15-34-25)16-22(31)19-35-24-8-4-21(27)5-9-24/h2-9,22,25,31H,10-19H2,1H3. The van der Waals surface area contributed by atoms with Crippen LogP contribution < -0.4 is 9.47 Å². The summed E-state index contributed by atoms with van der Waals surface area (Å²) in [6, 6.07) is 14.4. The van der Waals surface area contributed by atoms with E-state index in [-0.39, 0.29) is 18.6 Å². The molecule has 1 amide bonds. The molecule has 2 fully saturated rings. The number of rotatable bonds is 9. The Hall–Kier alpha value is -2.36. The maximum Gasteiger partial charge on any atom is 0.253 e. The van der Waals surface area contributed by atoms with Crippen LogP contribution in [0.15, 0.2) is 48.5 Å². The van der Waals surface area contributed by atoms with Crippen LogP contribution in [-0.4, -0.2) is 111 Å². The van der Waals surface area contributed by atoms with E-state index < -0.39 is 6.10 Å². The van der Waals surface area contributed by atoms with Crippen molar-refractivity contribution in [1.82, 2.24) is 14.7 Å². The third-order valence-electron chi connectivity index (χ3n) is 6.41. The Labute approximate surface area is 211 Å². The van der Waals surface area contributed by atoms with Crippen LogP contribution in [0.4, 0.5) is 0 Å². The lowest BCUT2D eigenvalue weighted by molar-refractivity contribution is -0.0591. The highest BCUT2D eigenvalue weighted by molar-refractivity contribution is 6.30. The number of morpholine rings is 1. The number of piperazine rings is 1. The average molecular weight is 504 g/mol. The molecule has 2 saturated heterocycles. The smallest absolute Gasteiger partial charge is 0.253 e. The zero-order valence-electron chi connectivity index (χ0n) is 20.1. The van der Waals surface area contributed by atoms with Crippen molar-refractivity contribution in [3.05, 3.63) is 59.1 Å². The number of nitrogens with zero attached hydrogens (tertiary/aromatic N) is 3. The van der Waals surface area contributed by atoms with E-state index in [0.29, 0.717) is 42.6 Å². The fraction of sp³-hybridized carbons (Fsp3) is 0.500. The fourth-order valence-corrected chi connectivity index (χ4v) is 4.59. The van der Waals surface area contributed by atoms with Crippen molar-refractivity contribution in [3.8, 4) is 11.5 Å². The Balaban J connectivity index is 1.17. The minimum Gasteiger partial charge on any atom is -0.497 e. The summed E-state index contributed by atoms with van der Waals surface area (Å²) in [5.41, 5.74) is 0.684. The number of ether oxygens (including phenoxy) is 3. The summed E-state index contributed by atoms with van der Waals surface area (Å²) in [6.07, 6.45) is -0.506. The van der Waals surface area contributed by atoms with Crippen molar-refractivity contribution in [2.45, 2.75) is 12.2 Å². The average Bonchev–Trinajstić information content (AvgIpc) is 2.89. The highest BCUT2D eigenvalue weighted by atomic mass is 35.5. The quantitative estimate of drug-likeness (QED) is 0.562. The number of methoxy groups -OCH3 is 1. The molecule has 2 unspecified atom stereocenters. The second kappa shape index (κ2) is 12.6. The molecule has 190 valence electrons. The Morgan fingerprint density at radius 3 is 2.40 bits per heavy atom. The molecular weight excluding hydrogens is 470 g/mol. The molecule has 0 spiro atoms. The van der Waals surface area contributed by atoms with Gasteiger partial charge in [-0.05, 0) is 48.5 Å². The molecule has 4 rings (SSSR count). The molecule has 0 saturated carbocycles. The van der Waals surface area contributed by atoms with Gasteiger partial charge in [0.25, 0.3) is 5.91 Å². The van der Waals surface area contributed by atoms with Crippen LogP contribution in [0.2, 0.25) is 5.02 Å². The number of benzene rings is 2. The van der Waals surface area contributed by atoms with E-state index in [9.17, 15) is 9.90 Å². The van der Waals surface area contributed by atoms with Gasteiger partial charge in [0, 0.05) is 62.9 Å². The van der Waals surface area contributed by atoms with Gasteiger partial charge in [-0.2, -0.15) is 0 Å². The van der Waals surface area contributed by atoms with Gasteiger partial charge in [0.1, 0.15) is 24.2 Å². The maximum atomic E-state index is 12.8. The van der Waals surface area contributed by atoms with Crippen LogP contribution in [-0.2, 0) is 4.74 Å². The number of aliphatic hydroxyl groups is 1. The predicted octanol–water partition coefficient (Wildman–Crippen LogP) is 2.25. The minimum atomic E-state index is -0.586. The van der Waals surface area contributed by atoms with Gasteiger partial charge in [-0.3, -0.25) is 14.6 Å². The first kappa shape index (κ1) is 25.7. The summed E-state index contributed by atoms with van der Waals surface area (Å²) >= 11 is 5.89. The molecule has 0 radical (unpaired) electrons. The molecule has 2 aliphatic heterocycles. The van der Waals surface area contributed by atoms with E-state index in [2.05, 4.69) is 9.80 Å². The first-order chi connectivity index (χ1) is 17.0. The van der Waals surface area contributed by atoms with E-state index in [1.54, 1.807) is 31.4 Å². The van der Waals surface area contributed by atoms with Gasteiger partial charge < -0.3 is 24.2 Å². The van der Waals surface area contributed by atoms with Crippen LogP contribution in [0, 0.1) is 0 Å². The predicted molar refractivity (Wildman–Crippen MR) is 134 cm³/mol. The van der Waals surface area contributed by atoms with Gasteiger partial charge in [-0.1, -0.05) is 11.6 Å². The molecule has 35 heavy (non-hydrogen) atoms. The van der Waals surface area contributed by atoms with Crippen molar-refractivity contribution >= 4 is 17.5 Å². The highest BCUT2D eigenvalue weighted by Gasteiger charge is 2.27. The lowest BCUT2D eigenvalue weighted by Crippen LogP contribution is -2.54. The summed E-state index contributed by atoms with van der Waals surface area (Å²) in [7, 11) is 1.62. The first-order valence-electron chi connectivity index (χ1n) is 12.1. The van der Waals surface area contributed by atoms with Gasteiger partial charge in [0.15, 0.2) is 0 Å². The maximum absolute atomic E-state index is 12.8. The summed E-state index contributed by atoms with van der Waals surface area (Å²) in [4.78, 5) is 19.3. The van der Waals surface area contributed by atoms with Crippen molar-refractivity contribution in [1.29, 1.82) is 0 Å². The van der Waals surface area contributed by atoms with Crippen LogP contribution in [0.5, 0.6) is 11.5 Å². The molecule has 8 nitrogen and oxygen atoms in total. The molecule has 1 N–H and O–H groups in total. The Morgan fingerprint density at radius 1 is 1.03 bits per heavy atom. The highest BCUT2D eigenvalue weighted by Crippen LogP contribution is 2.17. The van der Waals surface area contributed by atoms with Crippen LogP contribution in [0.3, 0.4) is 0 Å². The normalized spacial score (nSPS) is 20.4. The number of hydrogen-bond donors (Lipinski definition) is 1. The van der Waals surface area contributed by atoms with Gasteiger partial charge in [0.05, 0.1) is 19.8 Å². The second-order valence-corrected chi connectivity index (χ2v) is 9.43. The van der Waals surface area contributed by atoms with Crippen molar-refractivity contribution in [2.24, 2.45) is 0 Å². The van der Waals surface area contributed by atoms with E-state index in [0.717, 1.165) is 38.5 Å². The molecule has 2 heterocycles. The Kier molecular flexibility index (Phi) is 9.23. The minimum absolute atomic E-state index is 0.0576. The van der Waals surface area contributed by atoms with E-state index in [1.807, 2.05) is 29.2 Å². The van der Waals surface area contributed by atoms with Gasteiger partial charge in [0.2, 0.25) is 0 Å². The number of hydrogen-bond acceptors (Lipinski definition) is 7. The number of aliphatic hydroxyl groups excluding tert-OH is 1. The van der Waals surface area contributed by atoms with Gasteiger partial charge in [-0.15, -0.1) is 0 Å². The van der Waals surface area contributed by atoms with Crippen LogP contribution >= 0.6 is 11.6 Å². The Bertz CT molecular complexity index is 935. The largest absolute Gasteiger partial charge is 0.497 e. The number of amides is 1. The van der Waals surface area contributed by atoms with E-state index >= 15 is 0 Å². The lowest BCUT2D eigenvalue weighted by Gasteiger charge is -2.39. The summed E-state index contributed by atoms with van der Waals surface area (Å²) < 4.78 is 16.8. The molecule has 2 aromatic carbocycles. The molecule has 0 aromatic heterocycles. The van der Waals surface area contributed by atoms with E-state index in [1.165, 1.54) is 0 Å². The molecule has 2 atom stereocenters. The first-order valence-corrected chi connectivity index (χ1v) is 12.4. The number of halogens is 1. The zero-order valence-corrected chi connectivity index (χ0v) is 20.9. The third kappa shape index (κ3) is 7.56. The summed E-state index contributed by atoms with van der Waals surface area (Å²) in [5, 5.41) is 11.1. The molecule has 2 aromatic rings. The second-order valence-electron chi connectivity index (χ2n) is 8.99. The zero-order chi connectivity index (χ0) is 24.6. The lowest BCUT2D eigenvalue weighted by atomic mass is 10.1. The molecule has 9 heteroatoms. The van der Waals surface area contributed by atoms with Crippen LogP contribution in [0.25, 0.3) is 0 Å². The number of carbonyl (C=O) groups is 1.